The van der Waals surface area contributed by atoms with Gasteiger partial charge in [0.1, 0.15) is 0 Å². The van der Waals surface area contributed by atoms with Gasteiger partial charge >= 0.3 is 0 Å². The Balaban J connectivity index is 2.32. The van der Waals surface area contributed by atoms with E-state index in [-0.39, 0.29) is 0 Å². The van der Waals surface area contributed by atoms with E-state index in [9.17, 15) is 0 Å². The number of fused-ring (bicyclic) bond motifs is 1. The van der Waals surface area contributed by atoms with E-state index in [4.69, 9.17) is 5.10 Å². The molecule has 0 unspecified atom stereocenters. The molecule has 2 heteroatoms. The molecular formula is C17H18N2. The summed E-state index contributed by atoms with van der Waals surface area (Å²) in [6, 6.07) is 16.8. The summed E-state index contributed by atoms with van der Waals surface area (Å²) in [6.45, 7) is 4.40. The van der Waals surface area contributed by atoms with Crippen LogP contribution in [0, 0.1) is 0 Å². The SMILES string of the molecule is CCc1cccc2nn(-c3ccccc3)c(CC)c12. The van der Waals surface area contributed by atoms with Crippen LogP contribution in [0.2, 0.25) is 0 Å². The lowest BCUT2D eigenvalue weighted by molar-refractivity contribution is 0.825. The Morgan fingerprint density at radius 1 is 0.895 bits per heavy atom. The number of para-hydroxylation sites is 1. The second-order valence-electron chi connectivity index (χ2n) is 4.71. The molecule has 0 radical (unpaired) electrons. The zero-order chi connectivity index (χ0) is 13.2. The molecule has 3 rings (SSSR count). The van der Waals surface area contributed by atoms with E-state index < -0.39 is 0 Å². The molecule has 0 atom stereocenters. The van der Waals surface area contributed by atoms with Crippen molar-refractivity contribution in [3.63, 3.8) is 0 Å². The van der Waals surface area contributed by atoms with Gasteiger partial charge in [0.25, 0.3) is 0 Å². The van der Waals surface area contributed by atoms with Crippen molar-refractivity contribution < 1.29 is 0 Å². The molecule has 0 aliphatic rings. The summed E-state index contributed by atoms with van der Waals surface area (Å²) in [6.07, 6.45) is 2.03. The highest BCUT2D eigenvalue weighted by Crippen LogP contribution is 2.26. The zero-order valence-corrected chi connectivity index (χ0v) is 11.4. The molecule has 2 nitrogen and oxygen atoms in total. The molecule has 0 saturated carbocycles. The third-order valence-corrected chi connectivity index (χ3v) is 3.60. The fourth-order valence-corrected chi connectivity index (χ4v) is 2.68. The third-order valence-electron chi connectivity index (χ3n) is 3.60. The Kier molecular flexibility index (Phi) is 3.08. The van der Waals surface area contributed by atoms with Crippen LogP contribution >= 0.6 is 0 Å². The minimum atomic E-state index is 0.988. The first-order chi connectivity index (χ1) is 9.35. The largest absolute Gasteiger partial charge is 0.237 e. The lowest BCUT2D eigenvalue weighted by Gasteiger charge is -2.06. The van der Waals surface area contributed by atoms with Crippen molar-refractivity contribution in [3.8, 4) is 5.69 Å². The topological polar surface area (TPSA) is 17.8 Å². The van der Waals surface area contributed by atoms with Gasteiger partial charge in [0, 0.05) is 5.39 Å². The summed E-state index contributed by atoms with van der Waals surface area (Å²) in [5.41, 5.74) is 4.92. The van der Waals surface area contributed by atoms with E-state index in [0.29, 0.717) is 0 Å². The number of hydrogen-bond donors (Lipinski definition) is 0. The Morgan fingerprint density at radius 3 is 2.37 bits per heavy atom. The standard InChI is InChI=1S/C17H18N2/c1-3-13-9-8-12-15-17(13)16(4-2)19(18-15)14-10-6-5-7-11-14/h5-12H,3-4H2,1-2H3. The van der Waals surface area contributed by atoms with E-state index in [0.717, 1.165) is 24.0 Å². The molecule has 0 amide bonds. The maximum Gasteiger partial charge on any atom is 0.0933 e. The van der Waals surface area contributed by atoms with Gasteiger partial charge < -0.3 is 0 Å². The minimum Gasteiger partial charge on any atom is -0.237 e. The Bertz CT molecular complexity index is 696. The van der Waals surface area contributed by atoms with E-state index in [2.05, 4.69) is 61.0 Å². The van der Waals surface area contributed by atoms with Crippen LogP contribution in [0.4, 0.5) is 0 Å². The molecule has 19 heavy (non-hydrogen) atoms. The van der Waals surface area contributed by atoms with Gasteiger partial charge in [-0.05, 0) is 36.6 Å². The van der Waals surface area contributed by atoms with Crippen molar-refractivity contribution in [2.24, 2.45) is 0 Å². The number of aromatic nitrogens is 2. The second-order valence-corrected chi connectivity index (χ2v) is 4.71. The lowest BCUT2D eigenvalue weighted by atomic mass is 10.0. The van der Waals surface area contributed by atoms with Gasteiger partial charge in [0.2, 0.25) is 0 Å². The van der Waals surface area contributed by atoms with Crippen LogP contribution in [-0.2, 0) is 12.8 Å². The fraction of sp³-hybridized carbons (Fsp3) is 0.235. The van der Waals surface area contributed by atoms with Gasteiger partial charge in [0.05, 0.1) is 16.9 Å². The van der Waals surface area contributed by atoms with Gasteiger partial charge in [-0.1, -0.05) is 44.2 Å². The summed E-state index contributed by atoms with van der Waals surface area (Å²) in [5, 5.41) is 6.11. The highest BCUT2D eigenvalue weighted by molar-refractivity contribution is 5.85. The second kappa shape index (κ2) is 4.88. The first-order valence-corrected chi connectivity index (χ1v) is 6.90. The van der Waals surface area contributed by atoms with E-state index in [1.807, 2.05) is 6.07 Å². The summed E-state index contributed by atoms with van der Waals surface area (Å²) in [5.74, 6) is 0. The molecule has 0 fully saturated rings. The average Bonchev–Trinajstić information content (AvgIpc) is 2.86. The molecule has 1 heterocycles. The summed E-state index contributed by atoms with van der Waals surface area (Å²) in [4.78, 5) is 0. The van der Waals surface area contributed by atoms with Crippen molar-refractivity contribution in [2.45, 2.75) is 26.7 Å². The van der Waals surface area contributed by atoms with Crippen LogP contribution in [0.3, 0.4) is 0 Å². The number of rotatable bonds is 3. The van der Waals surface area contributed by atoms with Crippen molar-refractivity contribution >= 4 is 10.9 Å². The van der Waals surface area contributed by atoms with E-state index >= 15 is 0 Å². The smallest absolute Gasteiger partial charge is 0.0933 e. The van der Waals surface area contributed by atoms with Crippen LogP contribution < -0.4 is 0 Å². The number of hydrogen-bond acceptors (Lipinski definition) is 1. The number of benzene rings is 2. The Labute approximate surface area is 113 Å². The maximum atomic E-state index is 4.78. The number of nitrogens with zero attached hydrogens (tertiary/aromatic N) is 2. The highest BCUT2D eigenvalue weighted by Gasteiger charge is 2.13. The first kappa shape index (κ1) is 12.0. The first-order valence-electron chi connectivity index (χ1n) is 6.90. The maximum absolute atomic E-state index is 4.78. The Morgan fingerprint density at radius 2 is 1.68 bits per heavy atom. The van der Waals surface area contributed by atoms with Crippen LogP contribution in [0.1, 0.15) is 25.1 Å². The summed E-state index contributed by atoms with van der Waals surface area (Å²) >= 11 is 0. The molecular weight excluding hydrogens is 232 g/mol. The van der Waals surface area contributed by atoms with Gasteiger partial charge in [0.15, 0.2) is 0 Å². The zero-order valence-electron chi connectivity index (χ0n) is 11.4. The van der Waals surface area contributed by atoms with Crippen molar-refractivity contribution in [3.05, 3.63) is 59.8 Å². The van der Waals surface area contributed by atoms with Gasteiger partial charge in [-0.3, -0.25) is 0 Å². The summed E-state index contributed by atoms with van der Waals surface area (Å²) < 4.78 is 2.09. The number of aryl methyl sites for hydroxylation is 2. The van der Waals surface area contributed by atoms with Crippen LogP contribution in [-0.4, -0.2) is 9.78 Å². The van der Waals surface area contributed by atoms with E-state index in [1.54, 1.807) is 0 Å². The molecule has 1 aromatic heterocycles. The third kappa shape index (κ3) is 1.93. The molecule has 0 aliphatic heterocycles. The van der Waals surface area contributed by atoms with Crippen molar-refractivity contribution in [1.82, 2.24) is 9.78 Å². The van der Waals surface area contributed by atoms with Gasteiger partial charge in [-0.2, -0.15) is 5.10 Å². The predicted octanol–water partition coefficient (Wildman–Crippen LogP) is 4.15. The van der Waals surface area contributed by atoms with Gasteiger partial charge in [-0.25, -0.2) is 4.68 Å². The van der Waals surface area contributed by atoms with Crippen LogP contribution in [0.25, 0.3) is 16.6 Å². The molecule has 0 bridgehead atoms. The molecule has 0 spiro atoms. The Hall–Kier alpha value is -2.09. The molecule has 0 saturated heterocycles. The van der Waals surface area contributed by atoms with Crippen molar-refractivity contribution in [2.75, 3.05) is 0 Å². The van der Waals surface area contributed by atoms with E-state index in [1.165, 1.54) is 16.6 Å². The quantitative estimate of drug-likeness (QED) is 0.682. The highest BCUT2D eigenvalue weighted by atomic mass is 15.3. The monoisotopic (exact) mass is 250 g/mol. The molecule has 96 valence electrons. The predicted molar refractivity (Wildman–Crippen MR) is 79.8 cm³/mol. The normalized spacial score (nSPS) is 11.1. The van der Waals surface area contributed by atoms with Crippen LogP contribution in [0.15, 0.2) is 48.5 Å². The molecule has 2 aromatic carbocycles. The molecule has 0 N–H and O–H groups in total. The average molecular weight is 250 g/mol. The van der Waals surface area contributed by atoms with Crippen LogP contribution in [0.5, 0.6) is 0 Å². The lowest BCUT2D eigenvalue weighted by Crippen LogP contribution is -2.01. The van der Waals surface area contributed by atoms with Gasteiger partial charge in [-0.15, -0.1) is 0 Å². The summed E-state index contributed by atoms with van der Waals surface area (Å²) in [7, 11) is 0. The van der Waals surface area contributed by atoms with Crippen molar-refractivity contribution in [1.29, 1.82) is 0 Å². The minimum absolute atomic E-state index is 0.988. The molecule has 0 aliphatic carbocycles. The molecule has 3 aromatic rings. The fourth-order valence-electron chi connectivity index (χ4n) is 2.68.